The molecule has 2 amide bonds. The van der Waals surface area contributed by atoms with Gasteiger partial charge in [-0.2, -0.15) is 0 Å². The fraction of sp³-hybridized carbons (Fsp3) is 0.250. The second-order valence-corrected chi connectivity index (χ2v) is 8.65. The van der Waals surface area contributed by atoms with E-state index in [-0.39, 0.29) is 24.2 Å². The molecule has 6 nitrogen and oxygen atoms in total. The number of benzene rings is 3. The molecule has 0 saturated carbocycles. The normalized spacial score (nSPS) is 14.0. The summed E-state index contributed by atoms with van der Waals surface area (Å²) in [5.74, 6) is -0.101. The van der Waals surface area contributed by atoms with Crippen LogP contribution in [0, 0.1) is 12.8 Å². The highest BCUT2D eigenvalue weighted by atomic mass is 16.5. The van der Waals surface area contributed by atoms with Crippen molar-refractivity contribution in [2.24, 2.45) is 11.7 Å². The Hall–Kier alpha value is -3.93. The molecule has 6 heteroatoms. The van der Waals surface area contributed by atoms with Gasteiger partial charge in [-0.1, -0.05) is 54.1 Å². The number of ether oxygens (including phenoxy) is 1. The van der Waals surface area contributed by atoms with E-state index in [0.717, 1.165) is 16.7 Å². The number of hydrogen-bond donors (Lipinski definition) is 1. The third-order valence-electron chi connectivity index (χ3n) is 6.21. The lowest BCUT2D eigenvalue weighted by atomic mass is 9.88. The molecule has 174 valence electrons. The van der Waals surface area contributed by atoms with E-state index in [1.807, 2.05) is 43.3 Å². The van der Waals surface area contributed by atoms with Crippen LogP contribution in [0.15, 0.2) is 72.8 Å². The molecule has 0 aliphatic carbocycles. The molecule has 0 aromatic heterocycles. The topological polar surface area (TPSA) is 89.7 Å². The molecule has 1 aliphatic rings. The number of carbonyl (C=O) groups excluding carboxylic acids is 3. The maximum atomic E-state index is 13.1. The lowest BCUT2D eigenvalue weighted by Crippen LogP contribution is -2.40. The number of amides is 2. The second-order valence-electron chi connectivity index (χ2n) is 8.65. The van der Waals surface area contributed by atoms with E-state index in [2.05, 4.69) is 0 Å². The molecule has 1 aliphatic heterocycles. The summed E-state index contributed by atoms with van der Waals surface area (Å²) in [6, 6.07) is 21.8. The van der Waals surface area contributed by atoms with Gasteiger partial charge in [-0.25, -0.2) is 0 Å². The van der Waals surface area contributed by atoms with Crippen molar-refractivity contribution in [1.82, 2.24) is 4.90 Å². The number of primary amides is 1. The van der Waals surface area contributed by atoms with Gasteiger partial charge in [-0.3, -0.25) is 14.4 Å². The highest BCUT2D eigenvalue weighted by molar-refractivity contribution is 5.98. The molecule has 0 spiro atoms. The molecule has 0 radical (unpaired) electrons. The number of Topliss-reactive ketones (excluding diaryl/α,β-unsaturated/α-hetero) is 1. The Morgan fingerprint density at radius 1 is 0.912 bits per heavy atom. The molecule has 3 aromatic rings. The third kappa shape index (κ3) is 5.34. The number of para-hydroxylation sites is 1. The molecule has 0 bridgehead atoms. The number of nitrogens with two attached hydrogens (primary N) is 1. The van der Waals surface area contributed by atoms with E-state index in [1.165, 1.54) is 0 Å². The van der Waals surface area contributed by atoms with Crippen molar-refractivity contribution in [2.75, 3.05) is 13.1 Å². The summed E-state index contributed by atoms with van der Waals surface area (Å²) in [4.78, 5) is 39.3. The van der Waals surface area contributed by atoms with Gasteiger partial charge in [0.05, 0.1) is 5.56 Å². The van der Waals surface area contributed by atoms with E-state index >= 15 is 0 Å². The molecule has 2 N–H and O–H groups in total. The van der Waals surface area contributed by atoms with Crippen LogP contribution in [0.4, 0.5) is 0 Å². The Bertz CT molecular complexity index is 1200. The van der Waals surface area contributed by atoms with Crippen molar-refractivity contribution in [3.05, 3.63) is 101 Å². The highest BCUT2D eigenvalue weighted by Gasteiger charge is 2.28. The lowest BCUT2D eigenvalue weighted by molar-refractivity contribution is 0.0650. The van der Waals surface area contributed by atoms with Crippen molar-refractivity contribution in [2.45, 2.75) is 26.4 Å². The van der Waals surface area contributed by atoms with Crippen LogP contribution in [0.25, 0.3) is 0 Å². The first kappa shape index (κ1) is 23.2. The Kier molecular flexibility index (Phi) is 7.07. The highest BCUT2D eigenvalue weighted by Crippen LogP contribution is 2.24. The zero-order valence-corrected chi connectivity index (χ0v) is 19.2. The second kappa shape index (κ2) is 10.3. The van der Waals surface area contributed by atoms with Crippen LogP contribution >= 0.6 is 0 Å². The summed E-state index contributed by atoms with van der Waals surface area (Å²) < 4.78 is 5.79. The molecule has 0 unspecified atom stereocenters. The summed E-state index contributed by atoms with van der Waals surface area (Å²) in [5, 5.41) is 0. The molecule has 1 heterocycles. The Morgan fingerprint density at radius 2 is 1.62 bits per heavy atom. The van der Waals surface area contributed by atoms with E-state index < -0.39 is 5.91 Å². The fourth-order valence-electron chi connectivity index (χ4n) is 4.23. The predicted octanol–water partition coefficient (Wildman–Crippen LogP) is 4.41. The number of piperidine rings is 1. The quantitative estimate of drug-likeness (QED) is 0.534. The Balaban J connectivity index is 1.36. The molecule has 1 fully saturated rings. The number of likely N-dealkylation sites (tertiary alicyclic amines) is 1. The van der Waals surface area contributed by atoms with Gasteiger partial charge in [0, 0.05) is 30.1 Å². The van der Waals surface area contributed by atoms with Gasteiger partial charge in [-0.15, -0.1) is 0 Å². The van der Waals surface area contributed by atoms with Crippen LogP contribution in [0.3, 0.4) is 0 Å². The molecule has 4 rings (SSSR count). The molecule has 34 heavy (non-hydrogen) atoms. The number of rotatable bonds is 7. The number of ketones is 1. The standard InChI is InChI=1S/C28H28N2O4/c1-19-9-11-21(12-10-19)26(31)22-13-15-30(16-14-22)28(33)23-6-4-5-20(17-23)18-34-25-8-3-2-7-24(25)27(29)32/h2-12,17,22H,13-16,18H2,1H3,(H2,29,32). The first-order valence-corrected chi connectivity index (χ1v) is 11.4. The predicted molar refractivity (Wildman–Crippen MR) is 130 cm³/mol. The monoisotopic (exact) mass is 456 g/mol. The van der Waals surface area contributed by atoms with Crippen LogP contribution in [0.2, 0.25) is 0 Å². The first-order valence-electron chi connectivity index (χ1n) is 11.4. The SMILES string of the molecule is Cc1ccc(C(=O)C2CCN(C(=O)c3cccc(COc4ccccc4C(N)=O)c3)CC2)cc1. The summed E-state index contributed by atoms with van der Waals surface area (Å²) in [6.45, 7) is 3.31. The average Bonchev–Trinajstić information content (AvgIpc) is 2.87. The number of aryl methyl sites for hydroxylation is 1. The number of carbonyl (C=O) groups is 3. The third-order valence-corrected chi connectivity index (χ3v) is 6.21. The zero-order valence-electron chi connectivity index (χ0n) is 19.2. The first-order chi connectivity index (χ1) is 16.4. The van der Waals surface area contributed by atoms with Gasteiger partial charge in [0.2, 0.25) is 0 Å². The van der Waals surface area contributed by atoms with E-state index in [0.29, 0.717) is 42.8 Å². The maximum absolute atomic E-state index is 13.1. The summed E-state index contributed by atoms with van der Waals surface area (Å²) >= 11 is 0. The molecular weight excluding hydrogens is 428 g/mol. The van der Waals surface area contributed by atoms with Crippen molar-refractivity contribution >= 4 is 17.6 Å². The van der Waals surface area contributed by atoms with Gasteiger partial charge in [-0.05, 0) is 49.6 Å². The van der Waals surface area contributed by atoms with Gasteiger partial charge in [0.15, 0.2) is 5.78 Å². The minimum atomic E-state index is -0.552. The van der Waals surface area contributed by atoms with Gasteiger partial charge < -0.3 is 15.4 Å². The van der Waals surface area contributed by atoms with Crippen molar-refractivity contribution in [3.63, 3.8) is 0 Å². The minimum Gasteiger partial charge on any atom is -0.488 e. The Labute approximate surface area is 199 Å². The van der Waals surface area contributed by atoms with Crippen molar-refractivity contribution < 1.29 is 19.1 Å². The van der Waals surface area contributed by atoms with Crippen LogP contribution in [-0.4, -0.2) is 35.6 Å². The van der Waals surface area contributed by atoms with E-state index in [4.69, 9.17) is 10.5 Å². The van der Waals surface area contributed by atoms with Gasteiger partial charge in [0.25, 0.3) is 11.8 Å². The molecular formula is C28H28N2O4. The maximum Gasteiger partial charge on any atom is 0.253 e. The van der Waals surface area contributed by atoms with Crippen LogP contribution in [0.1, 0.15) is 55.0 Å². The Morgan fingerprint density at radius 3 is 2.32 bits per heavy atom. The summed E-state index contributed by atoms with van der Waals surface area (Å²) in [6.07, 6.45) is 1.32. The van der Waals surface area contributed by atoms with Crippen LogP contribution in [0.5, 0.6) is 5.75 Å². The van der Waals surface area contributed by atoms with Crippen LogP contribution in [-0.2, 0) is 6.61 Å². The molecule has 1 saturated heterocycles. The van der Waals surface area contributed by atoms with Gasteiger partial charge in [0.1, 0.15) is 12.4 Å². The van der Waals surface area contributed by atoms with Crippen molar-refractivity contribution in [3.8, 4) is 5.75 Å². The molecule has 3 aromatic carbocycles. The lowest BCUT2D eigenvalue weighted by Gasteiger charge is -2.31. The van der Waals surface area contributed by atoms with Crippen LogP contribution < -0.4 is 10.5 Å². The van der Waals surface area contributed by atoms with E-state index in [1.54, 1.807) is 41.3 Å². The van der Waals surface area contributed by atoms with E-state index in [9.17, 15) is 14.4 Å². The summed E-state index contributed by atoms with van der Waals surface area (Å²) in [5.41, 5.74) is 8.98. The average molecular weight is 457 g/mol. The van der Waals surface area contributed by atoms with Gasteiger partial charge >= 0.3 is 0 Å². The zero-order chi connectivity index (χ0) is 24.1. The largest absolute Gasteiger partial charge is 0.488 e. The number of hydrogen-bond acceptors (Lipinski definition) is 4. The smallest absolute Gasteiger partial charge is 0.253 e. The summed E-state index contributed by atoms with van der Waals surface area (Å²) in [7, 11) is 0. The fourth-order valence-corrected chi connectivity index (χ4v) is 4.23. The molecule has 0 atom stereocenters. The number of nitrogens with zero attached hydrogens (tertiary/aromatic N) is 1. The minimum absolute atomic E-state index is 0.0550. The van der Waals surface area contributed by atoms with Crippen molar-refractivity contribution in [1.29, 1.82) is 0 Å².